The molecule has 0 fully saturated rings. The monoisotopic (exact) mass is 422 g/mol. The smallest absolute Gasteiger partial charge is 0.408 e. The molecule has 30 heavy (non-hydrogen) atoms. The highest BCUT2D eigenvalue weighted by atomic mass is 32.2. The lowest BCUT2D eigenvalue weighted by Gasteiger charge is -2.10. The van der Waals surface area contributed by atoms with Crippen molar-refractivity contribution >= 4 is 26.8 Å². The van der Waals surface area contributed by atoms with Crippen molar-refractivity contribution < 1.29 is 12.8 Å². The average Bonchev–Trinajstić information content (AvgIpc) is 3.00. The van der Waals surface area contributed by atoms with Gasteiger partial charge in [0.2, 0.25) is 0 Å². The fourth-order valence-corrected chi connectivity index (χ4v) is 4.61. The van der Waals surface area contributed by atoms with Gasteiger partial charge in [-0.2, -0.15) is 0 Å². The number of benzene rings is 3. The van der Waals surface area contributed by atoms with E-state index in [0.717, 1.165) is 16.7 Å². The van der Waals surface area contributed by atoms with E-state index in [1.165, 1.54) is 16.7 Å². The van der Waals surface area contributed by atoms with Crippen molar-refractivity contribution in [3.63, 3.8) is 0 Å². The number of oxazole rings is 1. The van der Waals surface area contributed by atoms with Crippen molar-refractivity contribution in [1.82, 2.24) is 4.57 Å². The Labute approximate surface area is 174 Å². The summed E-state index contributed by atoms with van der Waals surface area (Å²) >= 11 is 0. The predicted molar refractivity (Wildman–Crippen MR) is 117 cm³/mol. The second kappa shape index (κ2) is 7.84. The minimum absolute atomic E-state index is 0.0399. The first-order chi connectivity index (χ1) is 14.3. The van der Waals surface area contributed by atoms with E-state index in [0.29, 0.717) is 24.2 Å². The number of hydrogen-bond donors (Lipinski definition) is 1. The molecule has 0 atom stereocenters. The van der Waals surface area contributed by atoms with Crippen LogP contribution < -0.4 is 10.5 Å². The normalized spacial score (nSPS) is 11.7. The van der Waals surface area contributed by atoms with Gasteiger partial charge in [-0.15, -0.1) is 0 Å². The van der Waals surface area contributed by atoms with Gasteiger partial charge in [-0.1, -0.05) is 36.4 Å². The Hall–Kier alpha value is -3.32. The first-order valence-corrected chi connectivity index (χ1v) is 11.1. The number of fused-ring (bicyclic) bond motifs is 1. The van der Waals surface area contributed by atoms with Crippen molar-refractivity contribution in [2.24, 2.45) is 0 Å². The van der Waals surface area contributed by atoms with Crippen LogP contribution in [0, 0.1) is 13.8 Å². The van der Waals surface area contributed by atoms with E-state index >= 15 is 0 Å². The molecule has 0 saturated carbocycles. The van der Waals surface area contributed by atoms with Crippen molar-refractivity contribution in [3.8, 4) is 0 Å². The van der Waals surface area contributed by atoms with Crippen LogP contribution >= 0.6 is 0 Å². The maximum atomic E-state index is 12.8. The number of anilines is 1. The summed E-state index contributed by atoms with van der Waals surface area (Å²) in [5, 5.41) is 0. The van der Waals surface area contributed by atoms with Gasteiger partial charge < -0.3 is 4.42 Å². The number of aromatic nitrogens is 1. The van der Waals surface area contributed by atoms with E-state index in [-0.39, 0.29) is 10.5 Å². The summed E-state index contributed by atoms with van der Waals surface area (Å²) in [6.07, 6.45) is 0.670. The van der Waals surface area contributed by atoms with Crippen LogP contribution in [0.4, 0.5) is 5.69 Å². The minimum atomic E-state index is -3.82. The first kappa shape index (κ1) is 20.0. The highest BCUT2D eigenvalue weighted by Gasteiger charge is 2.18. The summed E-state index contributed by atoms with van der Waals surface area (Å²) in [6, 6.07) is 19.8. The van der Waals surface area contributed by atoms with Crippen molar-refractivity contribution in [2.75, 3.05) is 4.72 Å². The highest BCUT2D eigenvalue weighted by molar-refractivity contribution is 7.92. The largest absolute Gasteiger partial charge is 0.419 e. The number of aryl methyl sites for hydroxylation is 4. The topological polar surface area (TPSA) is 81.3 Å². The Morgan fingerprint density at radius 3 is 2.33 bits per heavy atom. The zero-order chi connectivity index (χ0) is 21.3. The van der Waals surface area contributed by atoms with E-state index in [1.807, 2.05) is 50.2 Å². The maximum absolute atomic E-state index is 12.8. The Morgan fingerprint density at radius 1 is 0.933 bits per heavy atom. The average molecular weight is 423 g/mol. The quantitative estimate of drug-likeness (QED) is 0.504. The molecule has 154 valence electrons. The van der Waals surface area contributed by atoms with E-state index in [4.69, 9.17) is 4.42 Å². The van der Waals surface area contributed by atoms with Gasteiger partial charge in [-0.3, -0.25) is 9.29 Å². The molecule has 4 aromatic rings. The number of sulfonamides is 1. The third kappa shape index (κ3) is 4.16. The lowest BCUT2D eigenvalue weighted by Crippen LogP contribution is -2.15. The van der Waals surface area contributed by atoms with Crippen LogP contribution in [0.3, 0.4) is 0 Å². The van der Waals surface area contributed by atoms with E-state index in [1.54, 1.807) is 18.2 Å². The minimum Gasteiger partial charge on any atom is -0.408 e. The summed E-state index contributed by atoms with van der Waals surface area (Å²) in [5.41, 5.74) is 4.34. The Bertz CT molecular complexity index is 1350. The van der Waals surface area contributed by atoms with Crippen LogP contribution in [0.5, 0.6) is 0 Å². The molecule has 0 amide bonds. The van der Waals surface area contributed by atoms with Crippen LogP contribution in [0.1, 0.15) is 16.7 Å². The Morgan fingerprint density at radius 2 is 1.63 bits per heavy atom. The first-order valence-electron chi connectivity index (χ1n) is 9.60. The second-order valence-electron chi connectivity index (χ2n) is 7.37. The molecule has 0 aliphatic carbocycles. The molecule has 1 heterocycles. The van der Waals surface area contributed by atoms with Gasteiger partial charge in [0, 0.05) is 18.3 Å². The lowest BCUT2D eigenvalue weighted by molar-refractivity contribution is 0.504. The molecule has 7 heteroatoms. The molecular weight excluding hydrogens is 400 g/mol. The molecule has 0 unspecified atom stereocenters. The third-order valence-corrected chi connectivity index (χ3v) is 6.27. The zero-order valence-corrected chi connectivity index (χ0v) is 17.6. The van der Waals surface area contributed by atoms with Gasteiger partial charge in [0.25, 0.3) is 10.0 Å². The van der Waals surface area contributed by atoms with Gasteiger partial charge >= 0.3 is 5.76 Å². The van der Waals surface area contributed by atoms with Crippen LogP contribution in [0.25, 0.3) is 11.1 Å². The number of rotatable bonds is 6. The molecule has 0 saturated heterocycles. The van der Waals surface area contributed by atoms with E-state index in [2.05, 4.69) is 4.72 Å². The van der Waals surface area contributed by atoms with E-state index < -0.39 is 15.8 Å². The summed E-state index contributed by atoms with van der Waals surface area (Å²) in [5.74, 6) is -0.502. The summed E-state index contributed by atoms with van der Waals surface area (Å²) < 4.78 is 35.1. The van der Waals surface area contributed by atoms with Crippen LogP contribution in [-0.2, 0) is 23.0 Å². The van der Waals surface area contributed by atoms with Gasteiger partial charge in [0.05, 0.1) is 10.4 Å². The van der Waals surface area contributed by atoms with Crippen LogP contribution in [0.2, 0.25) is 0 Å². The molecule has 0 bridgehead atoms. The van der Waals surface area contributed by atoms with Crippen LogP contribution in [0.15, 0.2) is 80.8 Å². The molecule has 6 nitrogen and oxygen atoms in total. The fraction of sp³-hybridized carbons (Fsp3) is 0.174. The Kier molecular flexibility index (Phi) is 5.22. The maximum Gasteiger partial charge on any atom is 0.419 e. The fourth-order valence-electron chi connectivity index (χ4n) is 3.56. The van der Waals surface area contributed by atoms with Gasteiger partial charge in [0.15, 0.2) is 5.58 Å². The van der Waals surface area contributed by atoms with Crippen molar-refractivity contribution in [2.45, 2.75) is 31.7 Å². The molecular formula is C23H22N2O4S. The predicted octanol–water partition coefficient (Wildman–Crippen LogP) is 4.25. The summed E-state index contributed by atoms with van der Waals surface area (Å²) in [7, 11) is -3.82. The molecule has 1 aromatic heterocycles. The molecule has 0 spiro atoms. The van der Waals surface area contributed by atoms with E-state index in [9.17, 15) is 13.2 Å². The summed E-state index contributed by atoms with van der Waals surface area (Å²) in [6.45, 7) is 4.26. The number of nitrogens with zero attached hydrogens (tertiary/aromatic N) is 1. The molecule has 4 rings (SSSR count). The van der Waals surface area contributed by atoms with Gasteiger partial charge in [-0.25, -0.2) is 13.2 Å². The highest BCUT2D eigenvalue weighted by Crippen LogP contribution is 2.22. The molecule has 0 radical (unpaired) electrons. The standard InChI is InChI=1S/C23H22N2O4S/c1-16-12-17(2)14-19(13-16)24-30(27,28)20-8-9-21-22(15-20)29-23(26)25(21)11-10-18-6-4-3-5-7-18/h3-9,12-15,24H,10-11H2,1-2H3. The molecule has 0 aliphatic heterocycles. The lowest BCUT2D eigenvalue weighted by atomic mass is 10.1. The SMILES string of the molecule is Cc1cc(C)cc(NS(=O)(=O)c2ccc3c(c2)oc(=O)n3CCc2ccccc2)c1. The Balaban J connectivity index is 1.62. The second-order valence-corrected chi connectivity index (χ2v) is 9.05. The molecule has 3 aromatic carbocycles. The van der Waals surface area contributed by atoms with Gasteiger partial charge in [0.1, 0.15) is 0 Å². The van der Waals surface area contributed by atoms with Crippen molar-refractivity contribution in [3.05, 3.63) is 94.0 Å². The molecule has 1 N–H and O–H groups in total. The number of hydrogen-bond acceptors (Lipinski definition) is 4. The van der Waals surface area contributed by atoms with Gasteiger partial charge in [-0.05, 0) is 61.2 Å². The number of nitrogens with one attached hydrogen (secondary N) is 1. The van der Waals surface area contributed by atoms with Crippen LogP contribution in [-0.4, -0.2) is 13.0 Å². The summed E-state index contributed by atoms with van der Waals surface area (Å²) in [4.78, 5) is 12.4. The molecule has 0 aliphatic rings. The zero-order valence-electron chi connectivity index (χ0n) is 16.8. The van der Waals surface area contributed by atoms with Crippen molar-refractivity contribution in [1.29, 1.82) is 0 Å². The third-order valence-electron chi connectivity index (χ3n) is 4.89.